The molecule has 0 fully saturated rings. The largest absolute Gasteiger partial charge is 0.497 e. The Bertz CT molecular complexity index is 644. The smallest absolute Gasteiger partial charge is 0.270 e. The molecule has 1 aromatic heterocycles. The third-order valence-corrected chi connectivity index (χ3v) is 2.88. The molecule has 2 aromatic rings. The second-order valence-electron chi connectivity index (χ2n) is 5.23. The third-order valence-electron chi connectivity index (χ3n) is 2.88. The van der Waals surface area contributed by atoms with E-state index in [-0.39, 0.29) is 5.91 Å². The maximum Gasteiger partial charge on any atom is 0.270 e. The van der Waals surface area contributed by atoms with Crippen LogP contribution in [0.2, 0.25) is 0 Å². The summed E-state index contributed by atoms with van der Waals surface area (Å²) in [5, 5.41) is 5.89. The lowest BCUT2D eigenvalue weighted by Gasteiger charge is -2.09. The monoisotopic (exact) mass is 300 g/mol. The van der Waals surface area contributed by atoms with Crippen LogP contribution in [0.1, 0.15) is 24.3 Å². The lowest BCUT2D eigenvalue weighted by atomic mass is 10.2. The van der Waals surface area contributed by atoms with Crippen molar-refractivity contribution in [3.8, 4) is 5.75 Å². The maximum absolute atomic E-state index is 12.0. The molecule has 2 N–H and O–H groups in total. The summed E-state index contributed by atoms with van der Waals surface area (Å²) in [7, 11) is 1.61. The van der Waals surface area contributed by atoms with Gasteiger partial charge in [0.1, 0.15) is 11.4 Å². The molecule has 2 rings (SSSR count). The van der Waals surface area contributed by atoms with Gasteiger partial charge in [-0.15, -0.1) is 0 Å². The number of rotatable bonds is 6. The highest BCUT2D eigenvalue weighted by molar-refractivity contribution is 5.92. The number of hydrogen-bond acceptors (Lipinski definition) is 5. The van der Waals surface area contributed by atoms with E-state index in [0.29, 0.717) is 24.1 Å². The van der Waals surface area contributed by atoms with Gasteiger partial charge in [0.15, 0.2) is 0 Å². The van der Waals surface area contributed by atoms with Crippen molar-refractivity contribution in [3.05, 3.63) is 42.2 Å². The lowest BCUT2D eigenvalue weighted by molar-refractivity contribution is 0.0944. The van der Waals surface area contributed by atoms with Gasteiger partial charge in [-0.2, -0.15) is 0 Å². The average molecular weight is 300 g/mol. The first-order chi connectivity index (χ1) is 10.6. The van der Waals surface area contributed by atoms with E-state index in [1.165, 1.54) is 0 Å². The fourth-order valence-electron chi connectivity index (χ4n) is 1.76. The zero-order valence-corrected chi connectivity index (χ0v) is 13.0. The van der Waals surface area contributed by atoms with Gasteiger partial charge < -0.3 is 15.4 Å². The van der Waals surface area contributed by atoms with Crippen LogP contribution < -0.4 is 15.4 Å². The summed E-state index contributed by atoms with van der Waals surface area (Å²) in [6.45, 7) is 4.69. The van der Waals surface area contributed by atoms with Crippen LogP contribution in [0.3, 0.4) is 0 Å². The highest BCUT2D eigenvalue weighted by atomic mass is 16.5. The Morgan fingerprint density at radius 2 is 2.14 bits per heavy atom. The molecule has 22 heavy (non-hydrogen) atoms. The first-order valence-corrected chi connectivity index (χ1v) is 7.11. The van der Waals surface area contributed by atoms with E-state index in [2.05, 4.69) is 20.6 Å². The van der Waals surface area contributed by atoms with E-state index in [1.807, 2.05) is 38.1 Å². The molecular formula is C16H20N4O2. The predicted octanol–water partition coefficient (Wildman–Crippen LogP) is 2.61. The molecule has 116 valence electrons. The molecule has 0 aliphatic heterocycles. The number of anilines is 2. The minimum Gasteiger partial charge on any atom is -0.497 e. The van der Waals surface area contributed by atoms with Gasteiger partial charge in [-0.3, -0.25) is 4.79 Å². The Kier molecular flexibility index (Phi) is 5.30. The second-order valence-corrected chi connectivity index (χ2v) is 5.23. The second kappa shape index (κ2) is 7.40. The van der Waals surface area contributed by atoms with Crippen molar-refractivity contribution in [1.29, 1.82) is 0 Å². The SMILES string of the molecule is COc1cccc(Nc2nccc(C(=O)NCC(C)C)n2)c1. The quantitative estimate of drug-likeness (QED) is 0.857. The summed E-state index contributed by atoms with van der Waals surface area (Å²) in [6, 6.07) is 9.00. The van der Waals surface area contributed by atoms with Crippen LogP contribution in [0.5, 0.6) is 5.75 Å². The van der Waals surface area contributed by atoms with Crippen LogP contribution in [-0.4, -0.2) is 29.5 Å². The predicted molar refractivity (Wildman–Crippen MR) is 85.5 cm³/mol. The number of carbonyl (C=O) groups excluding carboxylic acids is 1. The molecular weight excluding hydrogens is 280 g/mol. The van der Waals surface area contributed by atoms with Gasteiger partial charge in [-0.1, -0.05) is 19.9 Å². The van der Waals surface area contributed by atoms with Crippen LogP contribution in [0.25, 0.3) is 0 Å². The van der Waals surface area contributed by atoms with Crippen LogP contribution >= 0.6 is 0 Å². The Labute approximate surface area is 129 Å². The Morgan fingerprint density at radius 1 is 1.32 bits per heavy atom. The number of nitrogens with one attached hydrogen (secondary N) is 2. The highest BCUT2D eigenvalue weighted by Crippen LogP contribution is 2.19. The minimum atomic E-state index is -0.204. The van der Waals surface area contributed by atoms with E-state index in [9.17, 15) is 4.79 Å². The minimum absolute atomic E-state index is 0.204. The number of ether oxygens (including phenoxy) is 1. The van der Waals surface area contributed by atoms with E-state index in [4.69, 9.17) is 4.74 Å². The number of amides is 1. The molecule has 0 spiro atoms. The van der Waals surface area contributed by atoms with Crippen LogP contribution in [-0.2, 0) is 0 Å². The molecule has 0 bridgehead atoms. The van der Waals surface area contributed by atoms with Crippen LogP contribution in [0.15, 0.2) is 36.5 Å². The van der Waals surface area contributed by atoms with Gasteiger partial charge in [0, 0.05) is 24.5 Å². The fraction of sp³-hybridized carbons (Fsp3) is 0.312. The van der Waals surface area contributed by atoms with Crippen molar-refractivity contribution in [1.82, 2.24) is 15.3 Å². The van der Waals surface area contributed by atoms with Crippen LogP contribution in [0, 0.1) is 5.92 Å². The topological polar surface area (TPSA) is 76.1 Å². The Balaban J connectivity index is 2.09. The molecule has 6 nitrogen and oxygen atoms in total. The summed E-state index contributed by atoms with van der Waals surface area (Å²) in [6.07, 6.45) is 1.56. The molecule has 0 unspecified atom stereocenters. The third kappa shape index (κ3) is 4.44. The number of carbonyl (C=O) groups is 1. The van der Waals surface area contributed by atoms with Gasteiger partial charge in [0.2, 0.25) is 5.95 Å². The van der Waals surface area contributed by atoms with E-state index in [1.54, 1.807) is 19.4 Å². The molecule has 1 heterocycles. The first-order valence-electron chi connectivity index (χ1n) is 7.11. The van der Waals surface area contributed by atoms with Crippen molar-refractivity contribution in [3.63, 3.8) is 0 Å². The molecule has 0 saturated carbocycles. The van der Waals surface area contributed by atoms with Gasteiger partial charge >= 0.3 is 0 Å². The van der Waals surface area contributed by atoms with E-state index >= 15 is 0 Å². The van der Waals surface area contributed by atoms with E-state index < -0.39 is 0 Å². The molecule has 0 aliphatic rings. The van der Waals surface area contributed by atoms with E-state index in [0.717, 1.165) is 11.4 Å². The summed E-state index contributed by atoms with van der Waals surface area (Å²) >= 11 is 0. The molecule has 1 amide bonds. The molecule has 6 heteroatoms. The first kappa shape index (κ1) is 15.8. The number of methoxy groups -OCH3 is 1. The summed E-state index contributed by atoms with van der Waals surface area (Å²) in [4.78, 5) is 20.4. The molecule has 0 atom stereocenters. The standard InChI is InChI=1S/C16H20N4O2/c1-11(2)10-18-15(21)14-7-8-17-16(20-14)19-12-5-4-6-13(9-12)22-3/h4-9,11H,10H2,1-3H3,(H,18,21)(H,17,19,20). The zero-order valence-electron chi connectivity index (χ0n) is 13.0. The van der Waals surface area contributed by atoms with Crippen molar-refractivity contribution >= 4 is 17.5 Å². The van der Waals surface area contributed by atoms with Crippen molar-refractivity contribution < 1.29 is 9.53 Å². The zero-order chi connectivity index (χ0) is 15.9. The number of hydrogen-bond donors (Lipinski definition) is 2. The van der Waals surface area contributed by atoms with Crippen molar-refractivity contribution in [2.24, 2.45) is 5.92 Å². The number of nitrogens with zero attached hydrogens (tertiary/aromatic N) is 2. The van der Waals surface area contributed by atoms with Crippen molar-refractivity contribution in [2.45, 2.75) is 13.8 Å². The summed E-state index contributed by atoms with van der Waals surface area (Å²) in [5.41, 5.74) is 1.13. The number of benzene rings is 1. The average Bonchev–Trinajstić information content (AvgIpc) is 2.53. The van der Waals surface area contributed by atoms with Gasteiger partial charge in [0.25, 0.3) is 5.91 Å². The van der Waals surface area contributed by atoms with Gasteiger partial charge in [-0.05, 0) is 24.1 Å². The number of aromatic nitrogens is 2. The van der Waals surface area contributed by atoms with Crippen LogP contribution in [0.4, 0.5) is 11.6 Å². The molecule has 0 aliphatic carbocycles. The van der Waals surface area contributed by atoms with Gasteiger partial charge in [0.05, 0.1) is 7.11 Å². The fourth-order valence-corrected chi connectivity index (χ4v) is 1.76. The van der Waals surface area contributed by atoms with Gasteiger partial charge in [-0.25, -0.2) is 9.97 Å². The normalized spacial score (nSPS) is 10.4. The van der Waals surface area contributed by atoms with Crippen molar-refractivity contribution in [2.75, 3.05) is 19.0 Å². The lowest BCUT2D eigenvalue weighted by Crippen LogP contribution is -2.28. The summed E-state index contributed by atoms with van der Waals surface area (Å²) < 4.78 is 5.16. The molecule has 0 radical (unpaired) electrons. The summed E-state index contributed by atoms with van der Waals surface area (Å²) in [5.74, 6) is 1.28. The molecule has 0 saturated heterocycles. The maximum atomic E-state index is 12.0. The molecule has 1 aromatic carbocycles. The Morgan fingerprint density at radius 3 is 2.86 bits per heavy atom. The highest BCUT2D eigenvalue weighted by Gasteiger charge is 2.09. The Hall–Kier alpha value is -2.63.